The number of phenolic OH excluding ortho intramolecular Hbond substituents is 1. The molecule has 0 unspecified atom stereocenters. The quantitative estimate of drug-likeness (QED) is 0.178. The molecule has 0 aromatic heterocycles. The number of hydrogen-bond donors (Lipinski definition) is 2. The number of hydrogen-bond acceptors (Lipinski definition) is 7. The lowest BCUT2D eigenvalue weighted by molar-refractivity contribution is 0.324. The van der Waals surface area contributed by atoms with Gasteiger partial charge in [-0.1, -0.05) is 37.0 Å². The van der Waals surface area contributed by atoms with Crippen molar-refractivity contribution in [2.45, 2.75) is 6.92 Å². The number of phenols is 1. The molecule has 6 nitrogen and oxygen atoms in total. The van der Waals surface area contributed by atoms with E-state index in [9.17, 15) is 5.11 Å². The number of ether oxygens (including phenoxy) is 4. The van der Waals surface area contributed by atoms with Crippen molar-refractivity contribution in [1.82, 2.24) is 0 Å². The van der Waals surface area contributed by atoms with E-state index in [-0.39, 0.29) is 5.75 Å². The summed E-state index contributed by atoms with van der Waals surface area (Å²) in [6, 6.07) is 7.29. The van der Waals surface area contributed by atoms with Crippen molar-refractivity contribution in [2.24, 2.45) is 0 Å². The van der Waals surface area contributed by atoms with E-state index in [0.717, 1.165) is 16.0 Å². The number of allylic oxidation sites excluding steroid dienone is 4. The van der Waals surface area contributed by atoms with Crippen molar-refractivity contribution in [1.29, 1.82) is 0 Å². The summed E-state index contributed by atoms with van der Waals surface area (Å²) in [5.74, 6) is 2.06. The van der Waals surface area contributed by atoms with Gasteiger partial charge in [-0.15, -0.1) is 0 Å². The molecule has 0 heterocycles. The number of aromatic hydroxyl groups is 1. The van der Waals surface area contributed by atoms with Crippen LogP contribution in [-0.2, 0) is 0 Å². The molecule has 32 heavy (non-hydrogen) atoms. The SMILES string of the molecule is C=C/C(=C\C=C/C)SNc1cc(/C=C\c2cc(OC)c(OC)c(OC)c2)cc(OC)c1O. The molecule has 0 saturated carbocycles. The number of benzene rings is 2. The second-order valence-electron chi connectivity index (χ2n) is 6.41. The van der Waals surface area contributed by atoms with Crippen LogP contribution in [-0.4, -0.2) is 33.5 Å². The maximum atomic E-state index is 10.5. The average molecular weight is 456 g/mol. The highest BCUT2D eigenvalue weighted by Gasteiger charge is 2.13. The van der Waals surface area contributed by atoms with E-state index in [0.29, 0.717) is 28.7 Å². The Labute approximate surface area is 194 Å². The van der Waals surface area contributed by atoms with Gasteiger partial charge in [0.1, 0.15) is 0 Å². The van der Waals surface area contributed by atoms with Crippen molar-refractivity contribution in [3.05, 3.63) is 71.2 Å². The van der Waals surface area contributed by atoms with Gasteiger partial charge in [0.15, 0.2) is 23.0 Å². The van der Waals surface area contributed by atoms with Gasteiger partial charge in [-0.3, -0.25) is 0 Å². The van der Waals surface area contributed by atoms with Crippen molar-refractivity contribution in [3.8, 4) is 28.7 Å². The van der Waals surface area contributed by atoms with E-state index in [1.54, 1.807) is 33.5 Å². The highest BCUT2D eigenvalue weighted by molar-refractivity contribution is 8.04. The van der Waals surface area contributed by atoms with Gasteiger partial charge in [0, 0.05) is 4.91 Å². The van der Waals surface area contributed by atoms with Crippen LogP contribution in [0.1, 0.15) is 18.1 Å². The van der Waals surface area contributed by atoms with Crippen molar-refractivity contribution in [3.63, 3.8) is 0 Å². The molecule has 0 aliphatic rings. The Hall–Kier alpha value is -3.45. The van der Waals surface area contributed by atoms with Crippen molar-refractivity contribution in [2.75, 3.05) is 33.2 Å². The van der Waals surface area contributed by atoms with Gasteiger partial charge < -0.3 is 28.8 Å². The second-order valence-corrected chi connectivity index (χ2v) is 7.29. The fraction of sp³-hybridized carbons (Fsp3) is 0.200. The zero-order valence-electron chi connectivity index (χ0n) is 19.0. The first-order valence-electron chi connectivity index (χ1n) is 9.78. The van der Waals surface area contributed by atoms with Crippen LogP contribution in [0.4, 0.5) is 5.69 Å². The number of nitrogens with one attached hydrogen (secondary N) is 1. The molecule has 0 aliphatic heterocycles. The van der Waals surface area contributed by atoms with Gasteiger partial charge in [-0.25, -0.2) is 0 Å². The van der Waals surface area contributed by atoms with Gasteiger partial charge >= 0.3 is 0 Å². The topological polar surface area (TPSA) is 69.2 Å². The molecular weight excluding hydrogens is 426 g/mol. The molecule has 2 aromatic carbocycles. The summed E-state index contributed by atoms with van der Waals surface area (Å²) < 4.78 is 24.7. The Morgan fingerprint density at radius 2 is 1.47 bits per heavy atom. The predicted molar refractivity (Wildman–Crippen MR) is 134 cm³/mol. The first-order valence-corrected chi connectivity index (χ1v) is 10.6. The molecule has 0 radical (unpaired) electrons. The van der Waals surface area contributed by atoms with Crippen LogP contribution in [0.15, 0.2) is 60.1 Å². The van der Waals surface area contributed by atoms with E-state index < -0.39 is 0 Å². The summed E-state index contributed by atoms with van der Waals surface area (Å²) in [7, 11) is 6.23. The van der Waals surface area contributed by atoms with Crippen molar-refractivity contribution >= 4 is 29.8 Å². The zero-order valence-corrected chi connectivity index (χ0v) is 19.8. The van der Waals surface area contributed by atoms with E-state index >= 15 is 0 Å². The van der Waals surface area contributed by atoms with Gasteiger partial charge in [-0.05, 0) is 60.3 Å². The number of methoxy groups -OCH3 is 4. The van der Waals surface area contributed by atoms with Gasteiger partial charge in [0.05, 0.1) is 34.1 Å². The van der Waals surface area contributed by atoms with Crippen LogP contribution in [0.2, 0.25) is 0 Å². The number of anilines is 1. The Kier molecular flexibility index (Phi) is 9.63. The van der Waals surface area contributed by atoms with Crippen LogP contribution in [0, 0.1) is 0 Å². The van der Waals surface area contributed by atoms with E-state index in [2.05, 4.69) is 11.3 Å². The van der Waals surface area contributed by atoms with E-state index in [4.69, 9.17) is 18.9 Å². The predicted octanol–water partition coefficient (Wildman–Crippen LogP) is 6.30. The lowest BCUT2D eigenvalue weighted by Crippen LogP contribution is -1.95. The lowest BCUT2D eigenvalue weighted by atomic mass is 10.1. The van der Waals surface area contributed by atoms with Crippen LogP contribution >= 0.6 is 11.9 Å². The smallest absolute Gasteiger partial charge is 0.203 e. The first-order chi connectivity index (χ1) is 15.5. The van der Waals surface area contributed by atoms with Crippen LogP contribution in [0.3, 0.4) is 0 Å². The summed E-state index contributed by atoms with van der Waals surface area (Å²) in [5.41, 5.74) is 2.21. The maximum absolute atomic E-state index is 10.5. The largest absolute Gasteiger partial charge is 0.503 e. The second kappa shape index (κ2) is 12.4. The molecule has 0 aliphatic carbocycles. The molecule has 0 saturated heterocycles. The normalized spacial score (nSPS) is 11.6. The minimum absolute atomic E-state index is 0.0272. The Morgan fingerprint density at radius 1 is 0.906 bits per heavy atom. The highest BCUT2D eigenvalue weighted by atomic mass is 32.2. The standard InChI is InChI=1S/C25H29NO5S/c1-7-9-10-19(8-2)32-26-20-13-17(14-21(28-3)24(20)27)11-12-18-15-22(29-4)25(31-6)23(16-18)30-5/h7-16,26-27H,2H2,1,3-6H3/b9-7-,12-11-,19-10+. The Morgan fingerprint density at radius 3 is 1.97 bits per heavy atom. The first kappa shape index (κ1) is 24.8. The molecule has 0 spiro atoms. The summed E-state index contributed by atoms with van der Waals surface area (Å²) in [6.45, 7) is 5.75. The molecule has 7 heteroatoms. The van der Waals surface area contributed by atoms with Crippen molar-refractivity contribution < 1.29 is 24.1 Å². The zero-order chi connectivity index (χ0) is 23.5. The molecule has 0 fully saturated rings. The third-order valence-electron chi connectivity index (χ3n) is 4.41. The highest BCUT2D eigenvalue weighted by Crippen LogP contribution is 2.40. The van der Waals surface area contributed by atoms with Gasteiger partial charge in [0.25, 0.3) is 0 Å². The molecule has 0 amide bonds. The number of rotatable bonds is 11. The Bertz CT molecular complexity index is 1000. The van der Waals surface area contributed by atoms with Crippen LogP contribution in [0.25, 0.3) is 12.2 Å². The van der Waals surface area contributed by atoms with E-state index in [1.165, 1.54) is 19.1 Å². The molecule has 2 aromatic rings. The third-order valence-corrected chi connectivity index (χ3v) is 5.27. The van der Waals surface area contributed by atoms with E-state index in [1.807, 2.05) is 55.5 Å². The average Bonchev–Trinajstić information content (AvgIpc) is 2.83. The Balaban J connectivity index is 2.37. The molecule has 2 N–H and O–H groups in total. The fourth-order valence-corrected chi connectivity index (χ4v) is 3.41. The molecule has 0 atom stereocenters. The van der Waals surface area contributed by atoms with Gasteiger partial charge in [-0.2, -0.15) is 0 Å². The summed E-state index contributed by atoms with van der Waals surface area (Å²) >= 11 is 1.34. The van der Waals surface area contributed by atoms with Crippen LogP contribution < -0.4 is 23.7 Å². The van der Waals surface area contributed by atoms with Crippen LogP contribution in [0.5, 0.6) is 28.7 Å². The molecule has 2 rings (SSSR count). The summed E-state index contributed by atoms with van der Waals surface area (Å²) in [6.07, 6.45) is 11.3. The minimum Gasteiger partial charge on any atom is -0.503 e. The lowest BCUT2D eigenvalue weighted by Gasteiger charge is -2.13. The fourth-order valence-electron chi connectivity index (χ4n) is 2.80. The molecule has 0 bridgehead atoms. The maximum Gasteiger partial charge on any atom is 0.203 e. The van der Waals surface area contributed by atoms with Gasteiger partial charge in [0.2, 0.25) is 5.75 Å². The summed E-state index contributed by atoms with van der Waals surface area (Å²) in [5, 5.41) is 10.5. The molecule has 170 valence electrons. The molecular formula is C25H29NO5S. The monoisotopic (exact) mass is 455 g/mol. The summed E-state index contributed by atoms with van der Waals surface area (Å²) in [4.78, 5) is 0.903. The minimum atomic E-state index is 0.0272. The third kappa shape index (κ3) is 6.28.